The summed E-state index contributed by atoms with van der Waals surface area (Å²) in [6.07, 6.45) is 1.73. The maximum Gasteiger partial charge on any atom is 0.261 e. The Bertz CT molecular complexity index is 1050. The quantitative estimate of drug-likeness (QED) is 0.516. The number of benzene rings is 2. The van der Waals surface area contributed by atoms with E-state index in [4.69, 9.17) is 0 Å². The number of hydrogen-bond donors (Lipinski definition) is 1. The van der Waals surface area contributed by atoms with Crippen molar-refractivity contribution in [1.29, 1.82) is 0 Å². The van der Waals surface area contributed by atoms with Crippen molar-refractivity contribution in [2.75, 3.05) is 19.6 Å². The first-order valence-electron chi connectivity index (χ1n) is 10.2. The monoisotopic (exact) mass is 470 g/mol. The number of fused-ring (bicyclic) bond motifs is 1. The van der Waals surface area contributed by atoms with Gasteiger partial charge in [0.25, 0.3) is 5.56 Å². The van der Waals surface area contributed by atoms with Crippen molar-refractivity contribution < 1.29 is 4.79 Å². The molecule has 3 rings (SSSR count). The molecule has 1 atom stereocenters. The van der Waals surface area contributed by atoms with Crippen LogP contribution in [0.1, 0.15) is 31.9 Å². The van der Waals surface area contributed by atoms with Gasteiger partial charge < -0.3 is 5.32 Å². The van der Waals surface area contributed by atoms with E-state index in [1.807, 2.05) is 24.3 Å². The average Bonchev–Trinajstić information content (AvgIpc) is 2.77. The third kappa shape index (κ3) is 5.34. The molecule has 158 valence electrons. The van der Waals surface area contributed by atoms with Gasteiger partial charge >= 0.3 is 0 Å². The van der Waals surface area contributed by atoms with Crippen LogP contribution in [0.15, 0.2) is 64.1 Å². The lowest BCUT2D eigenvalue weighted by atomic mass is 10.1. The summed E-state index contributed by atoms with van der Waals surface area (Å²) in [6, 6.07) is 15.7. The minimum Gasteiger partial charge on any atom is -0.354 e. The van der Waals surface area contributed by atoms with Crippen LogP contribution in [0, 0.1) is 0 Å². The maximum atomic E-state index is 12.7. The molecule has 0 fully saturated rings. The van der Waals surface area contributed by atoms with Crippen LogP contribution in [-0.4, -0.2) is 40.0 Å². The number of carbonyl (C=O) groups is 1. The summed E-state index contributed by atoms with van der Waals surface area (Å²) in [4.78, 5) is 31.8. The van der Waals surface area contributed by atoms with Crippen LogP contribution in [0.25, 0.3) is 10.9 Å². The van der Waals surface area contributed by atoms with Crippen molar-refractivity contribution in [3.63, 3.8) is 0 Å². The van der Waals surface area contributed by atoms with Gasteiger partial charge in [-0.25, -0.2) is 4.98 Å². The van der Waals surface area contributed by atoms with Crippen LogP contribution in [0.5, 0.6) is 0 Å². The molecule has 1 aromatic heterocycles. The summed E-state index contributed by atoms with van der Waals surface area (Å²) in [7, 11) is 0. The number of nitrogens with zero attached hydrogens (tertiary/aromatic N) is 3. The van der Waals surface area contributed by atoms with Crippen molar-refractivity contribution in [1.82, 2.24) is 19.8 Å². The van der Waals surface area contributed by atoms with E-state index in [0.717, 1.165) is 17.6 Å². The number of aryl methyl sites for hydroxylation is 1. The van der Waals surface area contributed by atoms with Gasteiger partial charge in [0.2, 0.25) is 5.91 Å². The number of rotatable bonds is 9. The first kappa shape index (κ1) is 22.2. The summed E-state index contributed by atoms with van der Waals surface area (Å²) in [6.45, 7) is 6.88. The van der Waals surface area contributed by atoms with E-state index >= 15 is 0 Å². The molecule has 0 aliphatic carbocycles. The lowest BCUT2D eigenvalue weighted by molar-refractivity contribution is -0.121. The van der Waals surface area contributed by atoms with E-state index in [1.165, 1.54) is 16.5 Å². The van der Waals surface area contributed by atoms with Crippen molar-refractivity contribution in [2.24, 2.45) is 0 Å². The Hall–Kier alpha value is -2.51. The lowest BCUT2D eigenvalue weighted by Crippen LogP contribution is -2.38. The Morgan fingerprint density at radius 3 is 2.60 bits per heavy atom. The molecule has 0 aliphatic heterocycles. The molecule has 30 heavy (non-hydrogen) atoms. The van der Waals surface area contributed by atoms with Crippen LogP contribution in [0.2, 0.25) is 0 Å². The third-order valence-electron chi connectivity index (χ3n) is 5.30. The van der Waals surface area contributed by atoms with E-state index in [1.54, 1.807) is 12.1 Å². The zero-order valence-electron chi connectivity index (χ0n) is 17.3. The summed E-state index contributed by atoms with van der Waals surface area (Å²) < 4.78 is 2.32. The normalized spacial score (nSPS) is 12.3. The lowest BCUT2D eigenvalue weighted by Gasteiger charge is -2.30. The topological polar surface area (TPSA) is 67.2 Å². The highest BCUT2D eigenvalue weighted by atomic mass is 79.9. The fourth-order valence-corrected chi connectivity index (χ4v) is 3.97. The van der Waals surface area contributed by atoms with E-state index in [2.05, 4.69) is 57.1 Å². The molecule has 7 heteroatoms. The van der Waals surface area contributed by atoms with Gasteiger partial charge in [-0.2, -0.15) is 0 Å². The van der Waals surface area contributed by atoms with Crippen LogP contribution in [0.4, 0.5) is 0 Å². The Morgan fingerprint density at radius 1 is 1.17 bits per heavy atom. The second-order valence-corrected chi connectivity index (χ2v) is 8.02. The molecule has 0 aliphatic rings. The molecule has 1 N–H and O–H groups in total. The average molecular weight is 471 g/mol. The minimum atomic E-state index is -0.139. The summed E-state index contributed by atoms with van der Waals surface area (Å²) in [5.41, 5.74) is 1.69. The Labute approximate surface area is 185 Å². The summed E-state index contributed by atoms with van der Waals surface area (Å²) in [5.74, 6) is -0.0793. The number of nitrogens with one attached hydrogen (secondary N) is 1. The largest absolute Gasteiger partial charge is 0.354 e. The standard InChI is InChI=1S/C23H27BrN4O2/c1-3-27(4-2)21(17-8-6-5-7-9-17)15-25-22(29)12-13-28-16-26-20-11-10-18(24)14-19(20)23(28)30/h5-11,14,16,21H,3-4,12-13,15H2,1-2H3,(H,25,29). The van der Waals surface area contributed by atoms with Crippen molar-refractivity contribution in [3.8, 4) is 0 Å². The highest BCUT2D eigenvalue weighted by molar-refractivity contribution is 9.10. The number of aromatic nitrogens is 2. The van der Waals surface area contributed by atoms with Gasteiger partial charge in [0.1, 0.15) is 0 Å². The van der Waals surface area contributed by atoms with Gasteiger partial charge in [0.05, 0.1) is 23.3 Å². The molecule has 0 saturated carbocycles. The van der Waals surface area contributed by atoms with Crippen LogP contribution >= 0.6 is 15.9 Å². The molecule has 1 amide bonds. The van der Waals surface area contributed by atoms with Crippen LogP contribution < -0.4 is 10.9 Å². The van der Waals surface area contributed by atoms with Gasteiger partial charge in [-0.05, 0) is 36.9 Å². The van der Waals surface area contributed by atoms with Gasteiger partial charge in [0, 0.05) is 24.0 Å². The highest BCUT2D eigenvalue weighted by Gasteiger charge is 2.18. The van der Waals surface area contributed by atoms with Crippen LogP contribution in [-0.2, 0) is 11.3 Å². The molecule has 6 nitrogen and oxygen atoms in total. The molecule has 1 unspecified atom stereocenters. The summed E-state index contributed by atoms with van der Waals surface area (Å²) >= 11 is 3.39. The number of halogens is 1. The number of amides is 1. The third-order valence-corrected chi connectivity index (χ3v) is 5.79. The first-order chi connectivity index (χ1) is 14.5. The SMILES string of the molecule is CCN(CC)C(CNC(=O)CCn1cnc2ccc(Br)cc2c1=O)c1ccccc1. The molecular formula is C23H27BrN4O2. The predicted octanol–water partition coefficient (Wildman–Crippen LogP) is 3.75. The number of hydrogen-bond acceptors (Lipinski definition) is 4. The number of likely N-dealkylation sites (N-methyl/N-ethyl adjacent to an activating group) is 1. The molecule has 0 bridgehead atoms. The van der Waals surface area contributed by atoms with Crippen molar-refractivity contribution >= 4 is 32.7 Å². The summed E-state index contributed by atoms with van der Waals surface area (Å²) in [5, 5.41) is 3.58. The Kier molecular flexibility index (Phi) is 7.76. The molecule has 2 aromatic carbocycles. The van der Waals surface area contributed by atoms with Gasteiger partial charge in [-0.15, -0.1) is 0 Å². The smallest absolute Gasteiger partial charge is 0.261 e. The second-order valence-electron chi connectivity index (χ2n) is 7.11. The zero-order chi connectivity index (χ0) is 21.5. The van der Waals surface area contributed by atoms with E-state index < -0.39 is 0 Å². The van der Waals surface area contributed by atoms with Crippen molar-refractivity contribution in [2.45, 2.75) is 32.9 Å². The van der Waals surface area contributed by atoms with Gasteiger partial charge in [-0.3, -0.25) is 19.1 Å². The molecule has 0 radical (unpaired) electrons. The Balaban J connectivity index is 1.64. The predicted molar refractivity (Wildman–Crippen MR) is 123 cm³/mol. The van der Waals surface area contributed by atoms with Gasteiger partial charge in [0.15, 0.2) is 0 Å². The molecule has 1 heterocycles. The minimum absolute atomic E-state index is 0.0793. The molecular weight excluding hydrogens is 444 g/mol. The fraction of sp³-hybridized carbons (Fsp3) is 0.348. The molecule has 3 aromatic rings. The second kappa shape index (κ2) is 10.5. The first-order valence-corrected chi connectivity index (χ1v) is 11.0. The van der Waals surface area contributed by atoms with Crippen LogP contribution in [0.3, 0.4) is 0 Å². The van der Waals surface area contributed by atoms with Crippen molar-refractivity contribution in [3.05, 3.63) is 75.2 Å². The maximum absolute atomic E-state index is 12.7. The van der Waals surface area contributed by atoms with Gasteiger partial charge in [-0.1, -0.05) is 60.1 Å². The fourth-order valence-electron chi connectivity index (χ4n) is 3.61. The van der Waals surface area contributed by atoms with E-state index in [-0.39, 0.29) is 23.9 Å². The molecule has 0 saturated heterocycles. The van der Waals surface area contributed by atoms with E-state index in [0.29, 0.717) is 24.0 Å². The zero-order valence-corrected chi connectivity index (χ0v) is 18.9. The Morgan fingerprint density at radius 2 is 1.90 bits per heavy atom. The van der Waals surface area contributed by atoms with E-state index in [9.17, 15) is 9.59 Å². The number of carbonyl (C=O) groups excluding carboxylic acids is 1. The highest BCUT2D eigenvalue weighted by Crippen LogP contribution is 2.19. The molecule has 0 spiro atoms.